The van der Waals surface area contributed by atoms with E-state index in [9.17, 15) is 4.79 Å². The van der Waals surface area contributed by atoms with Gasteiger partial charge in [0.2, 0.25) is 5.90 Å². The summed E-state index contributed by atoms with van der Waals surface area (Å²) in [7, 11) is 0. The number of carbonyl (C=O) groups is 1. The summed E-state index contributed by atoms with van der Waals surface area (Å²) in [5.74, 6) is -0.219. The van der Waals surface area contributed by atoms with Crippen LogP contribution in [0.1, 0.15) is 22.3 Å². The molecule has 0 radical (unpaired) electrons. The van der Waals surface area contributed by atoms with Gasteiger partial charge in [-0.25, -0.2) is 9.79 Å². The van der Waals surface area contributed by atoms with Gasteiger partial charge in [0.05, 0.1) is 10.6 Å². The van der Waals surface area contributed by atoms with Crippen LogP contribution in [-0.2, 0) is 9.53 Å². The number of nitrogens with zero attached hydrogens (tertiary/aromatic N) is 1. The Morgan fingerprint density at radius 2 is 1.91 bits per heavy atom. The van der Waals surface area contributed by atoms with Gasteiger partial charge in [-0.2, -0.15) is 0 Å². The van der Waals surface area contributed by atoms with Crippen molar-refractivity contribution in [3.05, 3.63) is 75.4 Å². The average Bonchev–Trinajstić information content (AvgIpc) is 2.84. The minimum atomic E-state index is -0.462. The molecule has 0 atom stereocenters. The second-order valence-corrected chi connectivity index (χ2v) is 5.58. The van der Waals surface area contributed by atoms with Crippen molar-refractivity contribution in [2.75, 3.05) is 0 Å². The van der Waals surface area contributed by atoms with Crippen molar-refractivity contribution in [3.63, 3.8) is 0 Å². The topological polar surface area (TPSA) is 38.7 Å². The zero-order chi connectivity index (χ0) is 15.7. The van der Waals surface area contributed by atoms with E-state index >= 15 is 0 Å². The Labute approximate surface area is 133 Å². The molecule has 1 aliphatic rings. The Hall–Kier alpha value is -2.39. The van der Waals surface area contributed by atoms with Gasteiger partial charge in [-0.3, -0.25) is 0 Å². The lowest BCUT2D eigenvalue weighted by Gasteiger charge is -2.01. The fraction of sp³-hybridized carbons (Fsp3) is 0.111. The highest BCUT2D eigenvalue weighted by molar-refractivity contribution is 6.34. The van der Waals surface area contributed by atoms with Crippen molar-refractivity contribution in [2.24, 2.45) is 4.99 Å². The van der Waals surface area contributed by atoms with Crippen molar-refractivity contribution in [3.8, 4) is 0 Å². The third-order valence-corrected chi connectivity index (χ3v) is 3.78. The number of ether oxygens (including phenoxy) is 1. The zero-order valence-electron chi connectivity index (χ0n) is 12.3. The predicted molar refractivity (Wildman–Crippen MR) is 88.0 cm³/mol. The summed E-state index contributed by atoms with van der Waals surface area (Å²) >= 11 is 6.11. The normalized spacial score (nSPS) is 15.9. The lowest BCUT2D eigenvalue weighted by atomic mass is 10.0. The van der Waals surface area contributed by atoms with E-state index in [4.69, 9.17) is 16.3 Å². The number of halogens is 1. The predicted octanol–water partition coefficient (Wildman–Crippen LogP) is 4.30. The van der Waals surface area contributed by atoms with Gasteiger partial charge in [0.15, 0.2) is 5.70 Å². The molecule has 110 valence electrons. The summed E-state index contributed by atoms with van der Waals surface area (Å²) in [6.07, 6.45) is 1.74. The van der Waals surface area contributed by atoms with Crippen LogP contribution in [-0.4, -0.2) is 11.9 Å². The van der Waals surface area contributed by atoms with Crippen LogP contribution < -0.4 is 0 Å². The van der Waals surface area contributed by atoms with E-state index < -0.39 is 5.97 Å². The van der Waals surface area contributed by atoms with Gasteiger partial charge in [-0.05, 0) is 43.2 Å². The number of esters is 1. The maximum Gasteiger partial charge on any atom is 0.363 e. The highest BCUT2D eigenvalue weighted by Gasteiger charge is 2.25. The van der Waals surface area contributed by atoms with Crippen LogP contribution in [0.15, 0.2) is 53.2 Å². The zero-order valence-corrected chi connectivity index (χ0v) is 13.0. The monoisotopic (exact) mass is 311 g/mol. The molecule has 3 rings (SSSR count). The number of hydrogen-bond donors (Lipinski definition) is 0. The molecule has 0 fully saturated rings. The number of carbonyl (C=O) groups excluding carboxylic acids is 1. The SMILES string of the molecule is Cc1ccc(C)c(C=C2N=C(c3ccccc3Cl)OC2=O)c1. The highest BCUT2D eigenvalue weighted by atomic mass is 35.5. The van der Waals surface area contributed by atoms with Gasteiger partial charge >= 0.3 is 5.97 Å². The Bertz CT molecular complexity index is 822. The second-order valence-electron chi connectivity index (χ2n) is 5.18. The Morgan fingerprint density at radius 1 is 1.14 bits per heavy atom. The van der Waals surface area contributed by atoms with Gasteiger partial charge in [-0.1, -0.05) is 47.5 Å². The second kappa shape index (κ2) is 5.78. The van der Waals surface area contributed by atoms with Crippen LogP contribution in [0.25, 0.3) is 6.08 Å². The van der Waals surface area contributed by atoms with Crippen molar-refractivity contribution < 1.29 is 9.53 Å². The Morgan fingerprint density at radius 3 is 2.68 bits per heavy atom. The van der Waals surface area contributed by atoms with Crippen molar-refractivity contribution in [1.82, 2.24) is 0 Å². The van der Waals surface area contributed by atoms with E-state index in [1.165, 1.54) is 0 Å². The molecule has 0 bridgehead atoms. The van der Waals surface area contributed by atoms with E-state index in [-0.39, 0.29) is 11.6 Å². The number of aliphatic imine (C=N–C) groups is 1. The molecule has 22 heavy (non-hydrogen) atoms. The van der Waals surface area contributed by atoms with E-state index in [2.05, 4.69) is 4.99 Å². The Kier molecular flexibility index (Phi) is 3.82. The minimum absolute atomic E-state index is 0.243. The van der Waals surface area contributed by atoms with Crippen molar-refractivity contribution in [2.45, 2.75) is 13.8 Å². The molecule has 4 heteroatoms. The number of rotatable bonds is 2. The third-order valence-electron chi connectivity index (χ3n) is 3.45. The standard InChI is InChI=1S/C18H14ClNO2/c1-11-7-8-12(2)13(9-11)10-16-18(21)22-17(20-16)14-5-3-4-6-15(14)19/h3-10H,1-2H3. The summed E-state index contributed by atoms with van der Waals surface area (Å²) in [5, 5.41) is 0.502. The fourth-order valence-corrected chi connectivity index (χ4v) is 2.44. The molecule has 0 saturated carbocycles. The molecule has 0 unspecified atom stereocenters. The molecular formula is C18H14ClNO2. The highest BCUT2D eigenvalue weighted by Crippen LogP contribution is 2.24. The quantitative estimate of drug-likeness (QED) is 0.612. The molecule has 1 aliphatic heterocycles. The molecule has 0 aliphatic carbocycles. The van der Waals surface area contributed by atoms with E-state index in [0.717, 1.165) is 16.7 Å². The first-order valence-electron chi connectivity index (χ1n) is 6.89. The lowest BCUT2D eigenvalue weighted by molar-refractivity contribution is -0.129. The molecule has 0 saturated heterocycles. The molecule has 3 nitrogen and oxygen atoms in total. The molecule has 2 aromatic rings. The Balaban J connectivity index is 2.02. The maximum atomic E-state index is 12.0. The van der Waals surface area contributed by atoms with Crippen molar-refractivity contribution >= 4 is 29.5 Å². The van der Waals surface area contributed by atoms with Crippen molar-refractivity contribution in [1.29, 1.82) is 0 Å². The summed E-state index contributed by atoms with van der Waals surface area (Å²) in [4.78, 5) is 16.3. The summed E-state index contributed by atoms with van der Waals surface area (Å²) in [6.45, 7) is 4.00. The molecule has 2 aromatic carbocycles. The minimum Gasteiger partial charge on any atom is -0.402 e. The van der Waals surface area contributed by atoms with Crippen LogP contribution in [0.3, 0.4) is 0 Å². The smallest absolute Gasteiger partial charge is 0.363 e. The lowest BCUT2D eigenvalue weighted by Crippen LogP contribution is -2.05. The number of cyclic esters (lactones) is 1. The van der Waals surface area contributed by atoms with Crippen LogP contribution in [0.2, 0.25) is 5.02 Å². The molecule has 0 spiro atoms. The average molecular weight is 312 g/mol. The van der Waals surface area contributed by atoms with Gasteiger partial charge in [0.25, 0.3) is 0 Å². The summed E-state index contributed by atoms with van der Waals surface area (Å²) < 4.78 is 5.24. The van der Waals surface area contributed by atoms with E-state index in [1.54, 1.807) is 18.2 Å². The van der Waals surface area contributed by atoms with Crippen LogP contribution in [0, 0.1) is 13.8 Å². The molecular weight excluding hydrogens is 298 g/mol. The number of hydrogen-bond acceptors (Lipinski definition) is 3. The van der Waals surface area contributed by atoms with Crippen LogP contribution in [0.5, 0.6) is 0 Å². The number of benzene rings is 2. The summed E-state index contributed by atoms with van der Waals surface area (Å²) in [6, 6.07) is 13.2. The fourth-order valence-electron chi connectivity index (χ4n) is 2.22. The largest absolute Gasteiger partial charge is 0.402 e. The molecule has 0 aromatic heterocycles. The first-order valence-corrected chi connectivity index (χ1v) is 7.27. The number of aryl methyl sites for hydroxylation is 2. The van der Waals surface area contributed by atoms with Gasteiger partial charge in [-0.15, -0.1) is 0 Å². The van der Waals surface area contributed by atoms with E-state index in [1.807, 2.05) is 44.2 Å². The first-order chi connectivity index (χ1) is 10.5. The molecule has 0 N–H and O–H groups in total. The third kappa shape index (κ3) is 2.81. The first kappa shape index (κ1) is 14.5. The maximum absolute atomic E-state index is 12.0. The van der Waals surface area contributed by atoms with Gasteiger partial charge in [0, 0.05) is 0 Å². The van der Waals surface area contributed by atoms with Crippen LogP contribution in [0.4, 0.5) is 0 Å². The van der Waals surface area contributed by atoms with Gasteiger partial charge < -0.3 is 4.74 Å². The molecule has 1 heterocycles. The van der Waals surface area contributed by atoms with Gasteiger partial charge in [0.1, 0.15) is 0 Å². The van der Waals surface area contributed by atoms with Crippen LogP contribution >= 0.6 is 11.6 Å². The summed E-state index contributed by atoms with van der Waals surface area (Å²) in [5.41, 5.74) is 4.05. The molecule has 0 amide bonds. The van der Waals surface area contributed by atoms with E-state index in [0.29, 0.717) is 10.6 Å².